The second-order valence-electron chi connectivity index (χ2n) is 7.89. The Kier molecular flexibility index (Phi) is 10.2. The molecular weight excluding hydrogens is 512 g/mol. The summed E-state index contributed by atoms with van der Waals surface area (Å²) in [5, 5.41) is 1.84. The number of nitrogens with one attached hydrogen (secondary N) is 1. The Balaban J connectivity index is 0.00000108. The van der Waals surface area contributed by atoms with E-state index in [-0.39, 0.29) is 33.5 Å². The minimum atomic E-state index is -1.85. The van der Waals surface area contributed by atoms with E-state index in [9.17, 15) is 13.0 Å². The Hall–Kier alpha value is -2.33. The molecule has 0 fully saturated rings. The molecule has 10 heteroatoms. The first-order valence-electron chi connectivity index (χ1n) is 11.2. The van der Waals surface area contributed by atoms with Crippen LogP contribution in [-0.4, -0.2) is 21.8 Å². The van der Waals surface area contributed by atoms with Gasteiger partial charge < -0.3 is 10.5 Å². The number of hydrogen-bond donors (Lipinski definition) is 2. The zero-order chi connectivity index (χ0) is 25.4. The van der Waals surface area contributed by atoms with E-state index in [0.29, 0.717) is 5.82 Å². The van der Waals surface area contributed by atoms with Gasteiger partial charge in [-0.2, -0.15) is 0 Å². The first kappa shape index (κ1) is 27.3. The van der Waals surface area contributed by atoms with E-state index in [1.54, 1.807) is 23.0 Å². The third-order valence-corrected chi connectivity index (χ3v) is 7.34. The minimum absolute atomic E-state index is 0.0495. The van der Waals surface area contributed by atoms with Gasteiger partial charge in [-0.15, -0.1) is 11.3 Å². The van der Waals surface area contributed by atoms with Gasteiger partial charge >= 0.3 is 0 Å². The average Bonchev–Trinajstić information content (AvgIpc) is 3.35. The van der Waals surface area contributed by atoms with E-state index in [2.05, 4.69) is 15.8 Å². The Morgan fingerprint density at radius 2 is 2.03 bits per heavy atom. The number of nitrogens with two attached hydrogens (primary N) is 1. The largest absolute Gasteiger partial charge is 0.488 e. The molecule has 0 saturated carbocycles. The van der Waals surface area contributed by atoms with Crippen LogP contribution < -0.4 is 15.2 Å². The van der Waals surface area contributed by atoms with Crippen LogP contribution >= 0.6 is 22.9 Å². The van der Waals surface area contributed by atoms with Crippen molar-refractivity contribution >= 4 is 45.3 Å². The highest BCUT2D eigenvalue weighted by atomic mass is 35.5. The number of thiazole rings is 1. The SMILES string of the molecule is CC(Oc1cc(F)c(S(=O)Nc2cscn2)cc1Cl)C1CCCC=C1c1ccc(F)cc1.CCN. The summed E-state index contributed by atoms with van der Waals surface area (Å²) in [5.74, 6) is -0.329. The molecule has 188 valence electrons. The molecule has 1 aromatic heterocycles. The third-order valence-electron chi connectivity index (χ3n) is 5.36. The quantitative estimate of drug-likeness (QED) is 0.345. The van der Waals surface area contributed by atoms with Crippen molar-refractivity contribution in [1.82, 2.24) is 4.98 Å². The van der Waals surface area contributed by atoms with Crippen molar-refractivity contribution < 1.29 is 17.7 Å². The van der Waals surface area contributed by atoms with E-state index in [0.717, 1.165) is 36.9 Å². The zero-order valence-electron chi connectivity index (χ0n) is 19.5. The molecule has 0 amide bonds. The summed E-state index contributed by atoms with van der Waals surface area (Å²) in [5.41, 5.74) is 8.47. The van der Waals surface area contributed by atoms with Gasteiger partial charge in [-0.3, -0.25) is 4.72 Å². The van der Waals surface area contributed by atoms with Crippen LogP contribution in [-0.2, 0) is 11.0 Å². The number of rotatable bonds is 7. The van der Waals surface area contributed by atoms with Crippen molar-refractivity contribution in [3.05, 3.63) is 75.6 Å². The maximum atomic E-state index is 14.7. The van der Waals surface area contributed by atoms with Gasteiger partial charge in [0.05, 0.1) is 15.4 Å². The summed E-state index contributed by atoms with van der Waals surface area (Å²) in [7, 11) is -1.85. The van der Waals surface area contributed by atoms with Crippen LogP contribution in [0.1, 0.15) is 38.7 Å². The number of aromatic nitrogens is 1. The molecule has 0 saturated heterocycles. The summed E-state index contributed by atoms with van der Waals surface area (Å²) in [6, 6.07) is 8.89. The molecule has 0 aliphatic heterocycles. The van der Waals surface area contributed by atoms with E-state index in [1.165, 1.54) is 35.6 Å². The number of hydrogen-bond acceptors (Lipinski definition) is 5. The Morgan fingerprint density at radius 3 is 2.69 bits per heavy atom. The van der Waals surface area contributed by atoms with Crippen LogP contribution in [0, 0.1) is 17.6 Å². The lowest BCUT2D eigenvalue weighted by Gasteiger charge is -2.30. The maximum absolute atomic E-state index is 14.7. The third kappa shape index (κ3) is 7.33. The minimum Gasteiger partial charge on any atom is -0.488 e. The standard InChI is InChI=1S/C23H21ClF2N2O2S2.C2H7N/c1-14(17-4-2-3-5-18(17)15-6-8-16(25)9-7-15)30-21-11-20(26)22(10-19(21)24)32(29)28-23-12-31-13-27-23;1-2-3/h5-14,17,28H,2-4H2,1H3;2-3H2,1H3. The fourth-order valence-corrected chi connectivity index (χ4v) is 5.51. The lowest BCUT2D eigenvalue weighted by atomic mass is 9.80. The second kappa shape index (κ2) is 13.1. The maximum Gasteiger partial charge on any atom is 0.154 e. The molecule has 1 aliphatic rings. The summed E-state index contributed by atoms with van der Waals surface area (Å²) < 4.78 is 49.3. The molecule has 3 atom stereocenters. The molecule has 1 heterocycles. The highest BCUT2D eigenvalue weighted by Gasteiger charge is 2.27. The monoisotopic (exact) mass is 539 g/mol. The van der Waals surface area contributed by atoms with Gasteiger partial charge in [0.25, 0.3) is 0 Å². The van der Waals surface area contributed by atoms with Crippen molar-refractivity contribution in [1.29, 1.82) is 0 Å². The fourth-order valence-electron chi connectivity index (χ4n) is 3.80. The molecular formula is C25H28ClF2N3O2S2. The van der Waals surface area contributed by atoms with Crippen LogP contribution in [0.2, 0.25) is 5.02 Å². The normalized spacial score (nSPS) is 17.0. The van der Waals surface area contributed by atoms with Gasteiger partial charge in [0.1, 0.15) is 29.3 Å². The molecule has 2 aromatic carbocycles. The van der Waals surface area contributed by atoms with E-state index in [4.69, 9.17) is 22.1 Å². The first-order chi connectivity index (χ1) is 16.8. The van der Waals surface area contributed by atoms with E-state index >= 15 is 0 Å². The first-order valence-corrected chi connectivity index (χ1v) is 13.7. The highest BCUT2D eigenvalue weighted by molar-refractivity contribution is 7.86. The van der Waals surface area contributed by atoms with Crippen LogP contribution in [0.15, 0.2) is 58.3 Å². The molecule has 4 rings (SSSR count). The van der Waals surface area contributed by atoms with Crippen molar-refractivity contribution in [2.75, 3.05) is 11.3 Å². The van der Waals surface area contributed by atoms with Crippen LogP contribution in [0.25, 0.3) is 5.57 Å². The predicted molar refractivity (Wildman–Crippen MR) is 140 cm³/mol. The fraction of sp³-hybridized carbons (Fsp3) is 0.320. The number of allylic oxidation sites excluding steroid dienone is 1. The molecule has 3 aromatic rings. The molecule has 35 heavy (non-hydrogen) atoms. The summed E-state index contributed by atoms with van der Waals surface area (Å²) >= 11 is 7.69. The van der Waals surface area contributed by atoms with E-state index < -0.39 is 16.8 Å². The molecule has 3 unspecified atom stereocenters. The van der Waals surface area contributed by atoms with Crippen LogP contribution in [0.4, 0.5) is 14.6 Å². The van der Waals surface area contributed by atoms with E-state index in [1.807, 2.05) is 13.8 Å². The van der Waals surface area contributed by atoms with Gasteiger partial charge in [-0.1, -0.05) is 36.7 Å². The van der Waals surface area contributed by atoms with Gasteiger partial charge in [0.15, 0.2) is 11.0 Å². The predicted octanol–water partition coefficient (Wildman–Crippen LogP) is 6.83. The number of benzene rings is 2. The summed E-state index contributed by atoms with van der Waals surface area (Å²) in [6.07, 6.45) is 4.70. The summed E-state index contributed by atoms with van der Waals surface area (Å²) in [4.78, 5) is 3.91. The van der Waals surface area contributed by atoms with Gasteiger partial charge in [0.2, 0.25) is 0 Å². The average molecular weight is 540 g/mol. The molecule has 1 aliphatic carbocycles. The van der Waals surface area contributed by atoms with Crippen molar-refractivity contribution in [2.24, 2.45) is 11.7 Å². The van der Waals surface area contributed by atoms with Crippen molar-refractivity contribution in [2.45, 2.75) is 44.1 Å². The number of anilines is 1. The lowest BCUT2D eigenvalue weighted by molar-refractivity contribution is 0.170. The van der Waals surface area contributed by atoms with Gasteiger partial charge in [0, 0.05) is 17.4 Å². The molecule has 0 radical (unpaired) electrons. The number of ether oxygens (including phenoxy) is 1. The van der Waals surface area contributed by atoms with Gasteiger partial charge in [-0.25, -0.2) is 18.0 Å². The molecule has 0 bridgehead atoms. The summed E-state index contributed by atoms with van der Waals surface area (Å²) in [6.45, 7) is 4.57. The highest BCUT2D eigenvalue weighted by Crippen LogP contribution is 2.38. The van der Waals surface area contributed by atoms with Crippen molar-refractivity contribution in [3.63, 3.8) is 0 Å². The number of nitrogens with zero attached hydrogens (tertiary/aromatic N) is 1. The Labute approximate surface area is 216 Å². The molecule has 0 spiro atoms. The second-order valence-corrected chi connectivity index (χ2v) is 10.2. The van der Waals surface area contributed by atoms with Crippen LogP contribution in [0.3, 0.4) is 0 Å². The number of halogens is 3. The zero-order valence-corrected chi connectivity index (χ0v) is 21.9. The smallest absolute Gasteiger partial charge is 0.154 e. The lowest BCUT2D eigenvalue weighted by Crippen LogP contribution is -2.26. The van der Waals surface area contributed by atoms with Crippen molar-refractivity contribution in [3.8, 4) is 5.75 Å². The van der Waals surface area contributed by atoms with Crippen LogP contribution in [0.5, 0.6) is 5.75 Å². The molecule has 5 nitrogen and oxygen atoms in total. The Bertz CT molecular complexity index is 1160. The Morgan fingerprint density at radius 1 is 1.31 bits per heavy atom. The molecule has 3 N–H and O–H groups in total. The van der Waals surface area contributed by atoms with Gasteiger partial charge in [-0.05, 0) is 62.1 Å². The topological polar surface area (TPSA) is 77.2 Å².